The summed E-state index contributed by atoms with van der Waals surface area (Å²) in [5.74, 6) is 0. The highest BCUT2D eigenvalue weighted by Crippen LogP contribution is 2.45. The Hall–Kier alpha value is -1.64. The van der Waals surface area contributed by atoms with Crippen molar-refractivity contribution in [1.82, 2.24) is 4.90 Å². The molecule has 1 N–H and O–H groups in total. The van der Waals surface area contributed by atoms with Crippen LogP contribution in [0.3, 0.4) is 0 Å². The Labute approximate surface area is 157 Å². The Bertz CT molecular complexity index is 670. The highest BCUT2D eigenvalue weighted by molar-refractivity contribution is 5.25. The van der Waals surface area contributed by atoms with Gasteiger partial charge in [-0.05, 0) is 62.6 Å². The topological polar surface area (TPSA) is 23.5 Å². The van der Waals surface area contributed by atoms with Gasteiger partial charge in [-0.25, -0.2) is 0 Å². The van der Waals surface area contributed by atoms with E-state index in [0.29, 0.717) is 12.1 Å². The van der Waals surface area contributed by atoms with Crippen molar-refractivity contribution in [2.24, 2.45) is 0 Å². The molecule has 2 unspecified atom stereocenters. The average molecular weight is 350 g/mol. The van der Waals surface area contributed by atoms with E-state index in [1.165, 1.54) is 50.6 Å². The maximum Gasteiger partial charge on any atom is 0.0926 e. The Morgan fingerprint density at radius 2 is 1.42 bits per heavy atom. The van der Waals surface area contributed by atoms with Crippen LogP contribution in [0, 0.1) is 0 Å². The fraction of sp³-hybridized carbons (Fsp3) is 0.500. The smallest absolute Gasteiger partial charge is 0.0926 e. The van der Waals surface area contributed by atoms with Crippen molar-refractivity contribution in [3.8, 4) is 0 Å². The SMILES string of the molecule is OC1(c2ccccc2)CC2CCC(C1)N2CCCCCc1ccccc1. The van der Waals surface area contributed by atoms with Crippen molar-refractivity contribution in [3.63, 3.8) is 0 Å². The largest absolute Gasteiger partial charge is 0.385 e. The molecule has 0 radical (unpaired) electrons. The third-order valence-electron chi connectivity index (χ3n) is 6.45. The first-order valence-electron chi connectivity index (χ1n) is 10.3. The lowest BCUT2D eigenvalue weighted by molar-refractivity contribution is -0.0571. The zero-order valence-electron chi connectivity index (χ0n) is 15.7. The molecule has 2 heteroatoms. The molecule has 2 heterocycles. The lowest BCUT2D eigenvalue weighted by Gasteiger charge is -2.44. The molecule has 0 amide bonds. The number of hydrogen-bond donors (Lipinski definition) is 1. The monoisotopic (exact) mass is 349 g/mol. The molecule has 2 aliphatic rings. The Kier molecular flexibility index (Phi) is 5.42. The highest BCUT2D eigenvalue weighted by Gasteiger charge is 2.47. The van der Waals surface area contributed by atoms with Crippen LogP contribution in [0.2, 0.25) is 0 Å². The van der Waals surface area contributed by atoms with Gasteiger partial charge in [0.15, 0.2) is 0 Å². The van der Waals surface area contributed by atoms with Gasteiger partial charge in [-0.15, -0.1) is 0 Å². The van der Waals surface area contributed by atoms with Crippen LogP contribution in [0.5, 0.6) is 0 Å². The predicted octanol–water partition coefficient (Wildman–Crippen LogP) is 4.91. The molecule has 2 aliphatic heterocycles. The molecule has 26 heavy (non-hydrogen) atoms. The zero-order chi connectivity index (χ0) is 17.8. The van der Waals surface area contributed by atoms with Crippen molar-refractivity contribution in [2.75, 3.05) is 6.54 Å². The molecule has 0 saturated carbocycles. The molecule has 2 nitrogen and oxygen atoms in total. The summed E-state index contributed by atoms with van der Waals surface area (Å²) in [4.78, 5) is 2.71. The summed E-state index contributed by atoms with van der Waals surface area (Å²) in [6.07, 6.45) is 9.36. The normalized spacial score (nSPS) is 28.3. The number of aryl methyl sites for hydroxylation is 1. The quantitative estimate of drug-likeness (QED) is 0.718. The van der Waals surface area contributed by atoms with Gasteiger partial charge in [0.1, 0.15) is 0 Å². The van der Waals surface area contributed by atoms with Crippen molar-refractivity contribution in [2.45, 2.75) is 69.1 Å². The number of piperidine rings is 1. The molecule has 2 bridgehead atoms. The molecule has 138 valence electrons. The number of unbranched alkanes of at least 4 members (excludes halogenated alkanes) is 2. The standard InChI is InChI=1S/C24H31NO/c26-24(21-13-7-2-8-14-21)18-22-15-16-23(19-24)25(22)17-9-3-6-12-20-10-4-1-5-11-20/h1-2,4-5,7-8,10-11,13-14,22-23,26H,3,6,9,12,15-19H2. The van der Waals surface area contributed by atoms with E-state index in [0.717, 1.165) is 18.4 Å². The summed E-state index contributed by atoms with van der Waals surface area (Å²) in [5.41, 5.74) is 1.95. The van der Waals surface area contributed by atoms with E-state index in [9.17, 15) is 5.11 Å². The Morgan fingerprint density at radius 1 is 0.808 bits per heavy atom. The number of hydrogen-bond acceptors (Lipinski definition) is 2. The van der Waals surface area contributed by atoms with Gasteiger partial charge in [-0.3, -0.25) is 4.90 Å². The van der Waals surface area contributed by atoms with Gasteiger partial charge in [-0.1, -0.05) is 67.1 Å². The third-order valence-corrected chi connectivity index (χ3v) is 6.45. The molecule has 2 aromatic carbocycles. The van der Waals surface area contributed by atoms with Crippen LogP contribution in [0.15, 0.2) is 60.7 Å². The molecule has 0 aromatic heterocycles. The van der Waals surface area contributed by atoms with Crippen LogP contribution in [0.4, 0.5) is 0 Å². The van der Waals surface area contributed by atoms with E-state index in [1.54, 1.807) is 0 Å². The molecule has 0 aliphatic carbocycles. The fourth-order valence-electron chi connectivity index (χ4n) is 5.11. The molecular weight excluding hydrogens is 318 g/mol. The van der Waals surface area contributed by atoms with E-state index in [2.05, 4.69) is 47.4 Å². The van der Waals surface area contributed by atoms with Crippen LogP contribution in [0.25, 0.3) is 0 Å². The minimum absolute atomic E-state index is 0.563. The first kappa shape index (κ1) is 17.8. The molecule has 2 saturated heterocycles. The van der Waals surface area contributed by atoms with Crippen LogP contribution >= 0.6 is 0 Å². The highest BCUT2D eigenvalue weighted by atomic mass is 16.3. The Balaban J connectivity index is 1.26. The maximum atomic E-state index is 11.3. The first-order valence-corrected chi connectivity index (χ1v) is 10.3. The van der Waals surface area contributed by atoms with E-state index in [-0.39, 0.29) is 0 Å². The minimum atomic E-state index is -0.614. The van der Waals surface area contributed by atoms with Gasteiger partial charge in [0, 0.05) is 12.1 Å². The summed E-state index contributed by atoms with van der Waals surface area (Å²) in [7, 11) is 0. The summed E-state index contributed by atoms with van der Waals surface area (Å²) < 4.78 is 0. The minimum Gasteiger partial charge on any atom is -0.385 e. The second-order valence-corrected chi connectivity index (χ2v) is 8.22. The van der Waals surface area contributed by atoms with Gasteiger partial charge < -0.3 is 5.11 Å². The van der Waals surface area contributed by atoms with Gasteiger partial charge in [-0.2, -0.15) is 0 Å². The van der Waals surface area contributed by atoms with Crippen LogP contribution in [-0.4, -0.2) is 28.6 Å². The summed E-state index contributed by atoms with van der Waals surface area (Å²) in [6, 6.07) is 22.3. The number of rotatable bonds is 7. The average Bonchev–Trinajstić information content (AvgIpc) is 2.93. The predicted molar refractivity (Wildman–Crippen MR) is 107 cm³/mol. The van der Waals surface area contributed by atoms with Crippen LogP contribution < -0.4 is 0 Å². The van der Waals surface area contributed by atoms with Gasteiger partial charge >= 0.3 is 0 Å². The summed E-state index contributed by atoms with van der Waals surface area (Å²) in [5, 5.41) is 11.3. The van der Waals surface area contributed by atoms with E-state index < -0.39 is 5.60 Å². The zero-order valence-corrected chi connectivity index (χ0v) is 15.7. The van der Waals surface area contributed by atoms with Gasteiger partial charge in [0.25, 0.3) is 0 Å². The second kappa shape index (κ2) is 7.94. The summed E-state index contributed by atoms with van der Waals surface area (Å²) in [6.45, 7) is 1.20. The molecule has 2 fully saturated rings. The van der Waals surface area contributed by atoms with Gasteiger partial charge in [0.05, 0.1) is 5.60 Å². The second-order valence-electron chi connectivity index (χ2n) is 8.22. The van der Waals surface area contributed by atoms with Crippen molar-refractivity contribution in [3.05, 3.63) is 71.8 Å². The maximum absolute atomic E-state index is 11.3. The van der Waals surface area contributed by atoms with Crippen LogP contribution in [0.1, 0.15) is 56.1 Å². The first-order chi connectivity index (χ1) is 12.7. The van der Waals surface area contributed by atoms with Crippen LogP contribution in [-0.2, 0) is 12.0 Å². The number of aliphatic hydroxyl groups is 1. The Morgan fingerprint density at radius 3 is 2.08 bits per heavy atom. The molecule has 2 aromatic rings. The number of benzene rings is 2. The van der Waals surface area contributed by atoms with Gasteiger partial charge in [0.2, 0.25) is 0 Å². The van der Waals surface area contributed by atoms with Crippen molar-refractivity contribution < 1.29 is 5.11 Å². The number of fused-ring (bicyclic) bond motifs is 2. The number of nitrogens with zero attached hydrogens (tertiary/aromatic N) is 1. The lowest BCUT2D eigenvalue weighted by Crippen LogP contribution is -2.49. The summed E-state index contributed by atoms with van der Waals surface area (Å²) >= 11 is 0. The van der Waals surface area contributed by atoms with Crippen molar-refractivity contribution >= 4 is 0 Å². The van der Waals surface area contributed by atoms with E-state index in [4.69, 9.17) is 0 Å². The lowest BCUT2D eigenvalue weighted by atomic mass is 9.80. The molecule has 0 spiro atoms. The van der Waals surface area contributed by atoms with E-state index in [1.807, 2.05) is 18.2 Å². The molecule has 2 atom stereocenters. The molecular formula is C24H31NO. The third kappa shape index (κ3) is 3.87. The fourth-order valence-corrected chi connectivity index (χ4v) is 5.11. The van der Waals surface area contributed by atoms with E-state index >= 15 is 0 Å². The molecule has 4 rings (SSSR count). The van der Waals surface area contributed by atoms with Crippen molar-refractivity contribution in [1.29, 1.82) is 0 Å².